The first kappa shape index (κ1) is 11.5. The zero-order valence-electron chi connectivity index (χ0n) is 10.7. The number of rotatable bonds is 2. The highest BCUT2D eigenvalue weighted by atomic mass is 16.1. The normalized spacial score (nSPS) is 17.2. The van der Waals surface area contributed by atoms with Crippen LogP contribution in [0.2, 0.25) is 0 Å². The monoisotopic (exact) mass is 242 g/mol. The standard InChI is InChI=1S/C15H18N2O/c1-11-7-8-14-13(10-18)16-15(17(14)9-11)12-5-3-2-4-6-12/h7-10,12H,2-6H2,1H3. The molecule has 0 N–H and O–H groups in total. The van der Waals surface area contributed by atoms with Crippen molar-refractivity contribution < 1.29 is 4.79 Å². The van der Waals surface area contributed by atoms with E-state index in [2.05, 4.69) is 22.5 Å². The highest BCUT2D eigenvalue weighted by molar-refractivity contribution is 5.83. The lowest BCUT2D eigenvalue weighted by atomic mass is 9.89. The first-order chi connectivity index (χ1) is 8.79. The van der Waals surface area contributed by atoms with Crippen LogP contribution < -0.4 is 0 Å². The highest BCUT2D eigenvalue weighted by Crippen LogP contribution is 2.32. The summed E-state index contributed by atoms with van der Waals surface area (Å²) < 4.78 is 2.12. The lowest BCUT2D eigenvalue weighted by Gasteiger charge is -2.20. The molecule has 0 bridgehead atoms. The van der Waals surface area contributed by atoms with E-state index in [0.717, 1.165) is 17.6 Å². The maximum Gasteiger partial charge on any atom is 0.170 e. The number of aldehydes is 1. The van der Waals surface area contributed by atoms with Crippen LogP contribution in [0.25, 0.3) is 5.52 Å². The van der Waals surface area contributed by atoms with E-state index in [9.17, 15) is 4.79 Å². The Bertz CT molecular complexity index is 579. The van der Waals surface area contributed by atoms with Gasteiger partial charge in [-0.05, 0) is 31.4 Å². The van der Waals surface area contributed by atoms with Crippen molar-refractivity contribution in [1.82, 2.24) is 9.38 Å². The first-order valence-electron chi connectivity index (χ1n) is 6.73. The fraction of sp³-hybridized carbons (Fsp3) is 0.467. The van der Waals surface area contributed by atoms with Crippen molar-refractivity contribution in [2.24, 2.45) is 0 Å². The number of hydrogen-bond donors (Lipinski definition) is 0. The average molecular weight is 242 g/mol. The molecule has 1 fully saturated rings. The van der Waals surface area contributed by atoms with Gasteiger partial charge in [-0.3, -0.25) is 4.79 Å². The summed E-state index contributed by atoms with van der Waals surface area (Å²) in [5.41, 5.74) is 2.72. The number of aryl methyl sites for hydroxylation is 1. The number of fused-ring (bicyclic) bond motifs is 1. The Morgan fingerprint density at radius 3 is 2.78 bits per heavy atom. The maximum absolute atomic E-state index is 11.1. The lowest BCUT2D eigenvalue weighted by molar-refractivity contribution is 0.112. The van der Waals surface area contributed by atoms with Crippen LogP contribution in [0.4, 0.5) is 0 Å². The van der Waals surface area contributed by atoms with Gasteiger partial charge in [0.25, 0.3) is 0 Å². The van der Waals surface area contributed by atoms with Gasteiger partial charge in [-0.25, -0.2) is 4.98 Å². The van der Waals surface area contributed by atoms with Crippen molar-refractivity contribution in [3.8, 4) is 0 Å². The maximum atomic E-state index is 11.1. The summed E-state index contributed by atoms with van der Waals surface area (Å²) in [5.74, 6) is 1.59. The summed E-state index contributed by atoms with van der Waals surface area (Å²) in [7, 11) is 0. The van der Waals surface area contributed by atoms with Gasteiger partial charge in [-0.1, -0.05) is 25.3 Å². The Morgan fingerprint density at radius 2 is 2.06 bits per heavy atom. The summed E-state index contributed by atoms with van der Waals surface area (Å²) >= 11 is 0. The molecule has 2 aromatic heterocycles. The Hall–Kier alpha value is -1.64. The Labute approximate surface area is 107 Å². The molecule has 2 aromatic rings. The van der Waals surface area contributed by atoms with Crippen LogP contribution >= 0.6 is 0 Å². The van der Waals surface area contributed by atoms with Crippen molar-refractivity contribution in [1.29, 1.82) is 0 Å². The van der Waals surface area contributed by atoms with Gasteiger partial charge in [-0.2, -0.15) is 0 Å². The molecule has 1 aliphatic rings. The molecule has 0 radical (unpaired) electrons. The van der Waals surface area contributed by atoms with Crippen LogP contribution in [0.15, 0.2) is 18.3 Å². The third-order valence-corrected chi connectivity index (χ3v) is 3.92. The molecule has 0 aliphatic heterocycles. The third-order valence-electron chi connectivity index (χ3n) is 3.92. The van der Waals surface area contributed by atoms with Crippen molar-refractivity contribution in [2.45, 2.75) is 44.9 Å². The van der Waals surface area contributed by atoms with Crippen molar-refractivity contribution in [3.63, 3.8) is 0 Å². The summed E-state index contributed by atoms with van der Waals surface area (Å²) in [4.78, 5) is 15.7. The molecule has 1 saturated carbocycles. The molecule has 2 heterocycles. The average Bonchev–Trinajstić information content (AvgIpc) is 2.77. The highest BCUT2D eigenvalue weighted by Gasteiger charge is 2.21. The van der Waals surface area contributed by atoms with Gasteiger partial charge in [0, 0.05) is 12.1 Å². The van der Waals surface area contributed by atoms with E-state index >= 15 is 0 Å². The van der Waals surface area contributed by atoms with Gasteiger partial charge < -0.3 is 4.40 Å². The molecule has 3 heteroatoms. The van der Waals surface area contributed by atoms with Gasteiger partial charge in [0.2, 0.25) is 0 Å². The molecule has 0 atom stereocenters. The molecule has 0 amide bonds. The molecular weight excluding hydrogens is 224 g/mol. The quantitative estimate of drug-likeness (QED) is 0.755. The Balaban J connectivity index is 2.15. The molecule has 0 aromatic carbocycles. The van der Waals surface area contributed by atoms with Crippen LogP contribution in [0.5, 0.6) is 0 Å². The molecule has 0 unspecified atom stereocenters. The van der Waals surface area contributed by atoms with Crippen LogP contribution in [0, 0.1) is 6.92 Å². The molecule has 3 nitrogen and oxygen atoms in total. The number of carbonyl (C=O) groups is 1. The minimum absolute atomic E-state index is 0.516. The summed E-state index contributed by atoms with van der Waals surface area (Å²) in [6.07, 6.45) is 9.26. The molecule has 94 valence electrons. The summed E-state index contributed by atoms with van der Waals surface area (Å²) in [5, 5.41) is 0. The lowest BCUT2D eigenvalue weighted by Crippen LogP contribution is -2.08. The smallest absolute Gasteiger partial charge is 0.170 e. The van der Waals surface area contributed by atoms with Gasteiger partial charge in [0.1, 0.15) is 11.5 Å². The van der Waals surface area contributed by atoms with E-state index < -0.39 is 0 Å². The second kappa shape index (κ2) is 4.56. The second-order valence-corrected chi connectivity index (χ2v) is 5.27. The second-order valence-electron chi connectivity index (χ2n) is 5.27. The van der Waals surface area contributed by atoms with E-state index in [-0.39, 0.29) is 0 Å². The van der Waals surface area contributed by atoms with Crippen LogP contribution in [0.1, 0.15) is 59.9 Å². The summed E-state index contributed by atoms with van der Waals surface area (Å²) in [6, 6.07) is 4.03. The van der Waals surface area contributed by atoms with E-state index in [1.54, 1.807) is 0 Å². The molecule has 18 heavy (non-hydrogen) atoms. The first-order valence-corrected chi connectivity index (χ1v) is 6.73. The van der Waals surface area contributed by atoms with Crippen molar-refractivity contribution in [3.05, 3.63) is 35.4 Å². The number of hydrogen-bond acceptors (Lipinski definition) is 2. The molecular formula is C15H18N2O. The number of aromatic nitrogens is 2. The molecule has 3 rings (SSSR count). The Morgan fingerprint density at radius 1 is 1.28 bits per heavy atom. The molecule has 0 saturated heterocycles. The largest absolute Gasteiger partial charge is 0.302 e. The minimum Gasteiger partial charge on any atom is -0.302 e. The van der Waals surface area contributed by atoms with Gasteiger partial charge >= 0.3 is 0 Å². The SMILES string of the molecule is Cc1ccc2c(C=O)nc(C3CCCCC3)n2c1. The number of nitrogens with zero attached hydrogens (tertiary/aromatic N) is 2. The predicted molar refractivity (Wildman–Crippen MR) is 71.1 cm³/mol. The topological polar surface area (TPSA) is 34.4 Å². The van der Waals surface area contributed by atoms with E-state index in [1.807, 2.05) is 12.1 Å². The predicted octanol–water partition coefficient (Wildman–Crippen LogP) is 3.50. The van der Waals surface area contributed by atoms with Crippen LogP contribution in [-0.4, -0.2) is 15.7 Å². The molecule has 1 aliphatic carbocycles. The minimum atomic E-state index is 0.516. The fourth-order valence-electron chi connectivity index (χ4n) is 2.98. The van der Waals surface area contributed by atoms with E-state index in [4.69, 9.17) is 0 Å². The van der Waals surface area contributed by atoms with Gasteiger partial charge in [-0.15, -0.1) is 0 Å². The van der Waals surface area contributed by atoms with Crippen LogP contribution in [0.3, 0.4) is 0 Å². The zero-order valence-corrected chi connectivity index (χ0v) is 10.7. The van der Waals surface area contributed by atoms with Crippen molar-refractivity contribution in [2.75, 3.05) is 0 Å². The number of pyridine rings is 1. The number of carbonyl (C=O) groups excluding carboxylic acids is 1. The zero-order chi connectivity index (χ0) is 12.5. The Kier molecular flexibility index (Phi) is 2.90. The fourth-order valence-corrected chi connectivity index (χ4v) is 2.98. The van der Waals surface area contributed by atoms with Gasteiger partial charge in [0.05, 0.1) is 5.52 Å². The summed E-state index contributed by atoms with van der Waals surface area (Å²) in [6.45, 7) is 2.07. The van der Waals surface area contributed by atoms with E-state index in [1.165, 1.54) is 37.7 Å². The van der Waals surface area contributed by atoms with Gasteiger partial charge in [0.15, 0.2) is 6.29 Å². The third kappa shape index (κ3) is 1.84. The van der Waals surface area contributed by atoms with Crippen molar-refractivity contribution >= 4 is 11.8 Å². The number of imidazole rings is 1. The van der Waals surface area contributed by atoms with Crippen LogP contribution in [-0.2, 0) is 0 Å². The van der Waals surface area contributed by atoms with E-state index in [0.29, 0.717) is 11.6 Å². The molecule has 0 spiro atoms.